The van der Waals surface area contributed by atoms with Crippen LogP contribution in [0.4, 0.5) is 0 Å². The molecular weight excluding hydrogens is 176 g/mol. The van der Waals surface area contributed by atoms with Crippen molar-refractivity contribution in [3.63, 3.8) is 0 Å². The molecule has 0 unspecified atom stereocenters. The van der Waals surface area contributed by atoms with Gasteiger partial charge in [0.1, 0.15) is 18.3 Å². The van der Waals surface area contributed by atoms with Crippen LogP contribution in [0.2, 0.25) is 0 Å². The van der Waals surface area contributed by atoms with E-state index in [1.54, 1.807) is 0 Å². The van der Waals surface area contributed by atoms with Crippen molar-refractivity contribution in [3.8, 4) is 0 Å². The third kappa shape index (κ3) is 1.54. The van der Waals surface area contributed by atoms with Crippen molar-refractivity contribution in [1.82, 2.24) is 0 Å². The monoisotopic (exact) mass is 188 g/mol. The fourth-order valence-corrected chi connectivity index (χ4v) is 1.76. The van der Waals surface area contributed by atoms with Crippen LogP contribution in [0.5, 0.6) is 0 Å². The summed E-state index contributed by atoms with van der Waals surface area (Å²) in [5.74, 6) is -0.348. The van der Waals surface area contributed by atoms with Gasteiger partial charge in [0.25, 0.3) is 0 Å². The van der Waals surface area contributed by atoms with E-state index < -0.39 is 6.10 Å². The van der Waals surface area contributed by atoms with Gasteiger partial charge in [0.15, 0.2) is 6.10 Å². The molecule has 0 bridgehead atoms. The number of ether oxygens (including phenoxy) is 3. The number of hydrogen-bond acceptors (Lipinski definition) is 5. The third-order valence-corrected chi connectivity index (χ3v) is 2.30. The second kappa shape index (κ2) is 3.25. The first-order valence-electron chi connectivity index (χ1n) is 4.27. The smallest absolute Gasteiger partial charge is 0.303 e. The lowest BCUT2D eigenvalue weighted by atomic mass is 10.1. The summed E-state index contributed by atoms with van der Waals surface area (Å²) < 4.78 is 15.5. The van der Waals surface area contributed by atoms with Gasteiger partial charge in [-0.05, 0) is 0 Å². The van der Waals surface area contributed by atoms with E-state index in [4.69, 9.17) is 14.2 Å². The Morgan fingerprint density at radius 3 is 2.77 bits per heavy atom. The van der Waals surface area contributed by atoms with Crippen molar-refractivity contribution in [2.24, 2.45) is 0 Å². The Kier molecular flexibility index (Phi) is 2.23. The van der Waals surface area contributed by atoms with E-state index in [2.05, 4.69) is 0 Å². The Hall–Kier alpha value is -0.650. The summed E-state index contributed by atoms with van der Waals surface area (Å²) in [6.07, 6.45) is -1.58. The molecule has 0 aromatic rings. The standard InChI is InChI=1S/C8H12O5/c1-4(9)13-6-3-12-7-5(10)2-11-8(6)7/h5-8,10H,2-3H2,1H3/t5-,6-,7-,8-/m0/s1. The number of carbonyl (C=O) groups excluding carboxylic acids is 1. The van der Waals surface area contributed by atoms with Crippen molar-refractivity contribution in [3.05, 3.63) is 0 Å². The zero-order valence-electron chi connectivity index (χ0n) is 7.30. The van der Waals surface area contributed by atoms with Crippen molar-refractivity contribution in [1.29, 1.82) is 0 Å². The van der Waals surface area contributed by atoms with Crippen LogP contribution in [0.15, 0.2) is 0 Å². The summed E-state index contributed by atoms with van der Waals surface area (Å²) >= 11 is 0. The van der Waals surface area contributed by atoms with E-state index in [9.17, 15) is 9.90 Å². The molecule has 74 valence electrons. The van der Waals surface area contributed by atoms with Crippen LogP contribution in [0.1, 0.15) is 6.92 Å². The molecule has 0 amide bonds. The van der Waals surface area contributed by atoms with Crippen LogP contribution in [-0.2, 0) is 19.0 Å². The van der Waals surface area contributed by atoms with E-state index >= 15 is 0 Å². The molecule has 0 aliphatic carbocycles. The van der Waals surface area contributed by atoms with E-state index in [1.807, 2.05) is 0 Å². The van der Waals surface area contributed by atoms with Crippen LogP contribution in [0.25, 0.3) is 0 Å². The lowest BCUT2D eigenvalue weighted by molar-refractivity contribution is -0.151. The number of esters is 1. The van der Waals surface area contributed by atoms with E-state index in [0.29, 0.717) is 6.61 Å². The van der Waals surface area contributed by atoms with Gasteiger partial charge in [-0.3, -0.25) is 4.79 Å². The van der Waals surface area contributed by atoms with E-state index in [0.717, 1.165) is 0 Å². The molecule has 2 aliphatic rings. The summed E-state index contributed by atoms with van der Waals surface area (Å²) in [7, 11) is 0. The first-order chi connectivity index (χ1) is 6.18. The molecule has 2 heterocycles. The van der Waals surface area contributed by atoms with Crippen LogP contribution in [0.3, 0.4) is 0 Å². The number of aliphatic hydroxyl groups is 1. The van der Waals surface area contributed by atoms with E-state index in [-0.39, 0.29) is 30.9 Å². The molecule has 2 saturated heterocycles. The highest BCUT2D eigenvalue weighted by Crippen LogP contribution is 2.28. The number of fused-ring (bicyclic) bond motifs is 1. The van der Waals surface area contributed by atoms with Gasteiger partial charge in [0, 0.05) is 6.92 Å². The minimum absolute atomic E-state index is 0.257. The van der Waals surface area contributed by atoms with Crippen LogP contribution >= 0.6 is 0 Å². The first-order valence-corrected chi connectivity index (χ1v) is 4.27. The first kappa shape index (κ1) is 8.93. The molecule has 0 saturated carbocycles. The Balaban J connectivity index is 1.98. The molecule has 0 aromatic carbocycles. The largest absolute Gasteiger partial charge is 0.457 e. The van der Waals surface area contributed by atoms with Gasteiger partial charge in [0.05, 0.1) is 13.2 Å². The summed E-state index contributed by atoms with van der Waals surface area (Å²) in [6, 6.07) is 0. The molecule has 13 heavy (non-hydrogen) atoms. The van der Waals surface area contributed by atoms with Crippen molar-refractivity contribution in [2.45, 2.75) is 31.3 Å². The van der Waals surface area contributed by atoms with Gasteiger partial charge in [-0.2, -0.15) is 0 Å². The van der Waals surface area contributed by atoms with Gasteiger partial charge in [-0.25, -0.2) is 0 Å². The quantitative estimate of drug-likeness (QED) is 0.539. The van der Waals surface area contributed by atoms with Gasteiger partial charge in [-0.1, -0.05) is 0 Å². The topological polar surface area (TPSA) is 65.0 Å². The SMILES string of the molecule is CC(=O)O[C@H]1CO[C@@H]2[C@H]1OC[C@@H]2O. The average Bonchev–Trinajstić information content (AvgIpc) is 2.56. The fraction of sp³-hybridized carbons (Fsp3) is 0.875. The van der Waals surface area contributed by atoms with Gasteiger partial charge < -0.3 is 19.3 Å². The van der Waals surface area contributed by atoms with Crippen molar-refractivity contribution >= 4 is 5.97 Å². The molecule has 0 spiro atoms. The predicted octanol–water partition coefficient (Wildman–Crippen LogP) is -0.923. The number of rotatable bonds is 1. The molecule has 2 aliphatic heterocycles. The maximum absolute atomic E-state index is 10.7. The molecule has 1 N–H and O–H groups in total. The zero-order chi connectivity index (χ0) is 9.42. The van der Waals surface area contributed by atoms with Crippen molar-refractivity contribution < 1.29 is 24.1 Å². The molecule has 0 radical (unpaired) electrons. The highest BCUT2D eigenvalue weighted by atomic mass is 16.6. The predicted molar refractivity (Wildman–Crippen MR) is 41.0 cm³/mol. The maximum Gasteiger partial charge on any atom is 0.303 e. The Bertz CT molecular complexity index is 217. The Morgan fingerprint density at radius 1 is 1.38 bits per heavy atom. The lowest BCUT2D eigenvalue weighted by Gasteiger charge is -2.14. The second-order valence-corrected chi connectivity index (χ2v) is 3.31. The highest BCUT2D eigenvalue weighted by Gasteiger charge is 2.48. The third-order valence-electron chi connectivity index (χ3n) is 2.30. The molecule has 0 aromatic heterocycles. The fourth-order valence-electron chi connectivity index (χ4n) is 1.76. The van der Waals surface area contributed by atoms with Gasteiger partial charge in [-0.15, -0.1) is 0 Å². The van der Waals surface area contributed by atoms with Gasteiger partial charge in [0.2, 0.25) is 0 Å². The molecular formula is C8H12O5. The molecule has 4 atom stereocenters. The number of aliphatic hydroxyl groups excluding tert-OH is 1. The van der Waals surface area contributed by atoms with Gasteiger partial charge >= 0.3 is 5.97 Å². The summed E-state index contributed by atoms with van der Waals surface area (Å²) in [6.45, 7) is 1.91. The number of hydrogen-bond donors (Lipinski definition) is 1. The zero-order valence-corrected chi connectivity index (χ0v) is 7.30. The molecule has 5 heteroatoms. The van der Waals surface area contributed by atoms with E-state index in [1.165, 1.54) is 6.92 Å². The average molecular weight is 188 g/mol. The minimum Gasteiger partial charge on any atom is -0.457 e. The van der Waals surface area contributed by atoms with Crippen molar-refractivity contribution in [2.75, 3.05) is 13.2 Å². The molecule has 2 rings (SSSR count). The highest BCUT2D eigenvalue weighted by molar-refractivity contribution is 5.66. The molecule has 5 nitrogen and oxygen atoms in total. The Morgan fingerprint density at radius 2 is 2.08 bits per heavy atom. The maximum atomic E-state index is 10.7. The molecule has 2 fully saturated rings. The normalized spacial score (nSPS) is 43.2. The summed E-state index contributed by atoms with van der Waals surface area (Å²) in [5, 5.41) is 9.36. The summed E-state index contributed by atoms with van der Waals surface area (Å²) in [5.41, 5.74) is 0. The van der Waals surface area contributed by atoms with Crippen LogP contribution in [-0.4, -0.2) is 48.7 Å². The minimum atomic E-state index is -0.592. The lowest BCUT2D eigenvalue weighted by Crippen LogP contribution is -2.33. The van der Waals surface area contributed by atoms with Crippen LogP contribution < -0.4 is 0 Å². The summed E-state index contributed by atoms with van der Waals surface area (Å²) in [4.78, 5) is 10.7. The van der Waals surface area contributed by atoms with Crippen LogP contribution in [0, 0.1) is 0 Å². The Labute approximate surface area is 75.6 Å². The number of carbonyl (C=O) groups is 1. The second-order valence-electron chi connectivity index (χ2n) is 3.31.